The number of hydrogen-bond acceptors (Lipinski definition) is 5. The van der Waals surface area contributed by atoms with E-state index in [9.17, 15) is 5.41 Å². The molecule has 4 aliphatic rings. The highest BCUT2D eigenvalue weighted by Gasteiger charge is 2.45. The Labute approximate surface area is 269 Å². The van der Waals surface area contributed by atoms with Gasteiger partial charge in [-0.3, -0.25) is 15.3 Å². The summed E-state index contributed by atoms with van der Waals surface area (Å²) in [5.41, 5.74) is 8.27. The lowest BCUT2D eigenvalue weighted by atomic mass is 9.70. The van der Waals surface area contributed by atoms with E-state index < -0.39 is 0 Å². The number of likely N-dealkylation sites (tertiary alicyclic amines) is 1. The lowest BCUT2D eigenvalue weighted by molar-refractivity contribution is 0.0682. The first-order valence-corrected chi connectivity index (χ1v) is 17.9. The van der Waals surface area contributed by atoms with Gasteiger partial charge in [-0.1, -0.05) is 78.8 Å². The molecule has 0 bridgehead atoms. The molecule has 3 N–H and O–H groups in total. The van der Waals surface area contributed by atoms with E-state index >= 15 is 0 Å². The van der Waals surface area contributed by atoms with Gasteiger partial charge >= 0.3 is 0 Å². The Morgan fingerprint density at radius 2 is 1.64 bits per heavy atom. The van der Waals surface area contributed by atoms with Crippen molar-refractivity contribution in [3.8, 4) is 0 Å². The Kier molecular flexibility index (Phi) is 10.5. The molecule has 44 heavy (non-hydrogen) atoms. The van der Waals surface area contributed by atoms with E-state index in [-0.39, 0.29) is 6.17 Å². The Morgan fingerprint density at radius 3 is 2.27 bits per heavy atom. The predicted molar refractivity (Wildman–Crippen MR) is 185 cm³/mol. The highest BCUT2D eigenvalue weighted by atomic mass is 15.5. The van der Waals surface area contributed by atoms with Crippen molar-refractivity contribution in [1.29, 1.82) is 5.41 Å². The van der Waals surface area contributed by atoms with Crippen LogP contribution in [-0.2, 0) is 6.42 Å². The maximum absolute atomic E-state index is 9.71. The molecule has 0 aromatic heterocycles. The van der Waals surface area contributed by atoms with Crippen LogP contribution in [0.25, 0.3) is 0 Å². The van der Waals surface area contributed by atoms with E-state index in [1.165, 1.54) is 44.1 Å². The van der Waals surface area contributed by atoms with Crippen LogP contribution in [0.1, 0.15) is 99.0 Å². The molecule has 2 saturated heterocycles. The zero-order valence-corrected chi connectivity index (χ0v) is 29.0. The van der Waals surface area contributed by atoms with Gasteiger partial charge in [0.15, 0.2) is 11.9 Å². The number of benzene rings is 1. The third-order valence-electron chi connectivity index (χ3n) is 11.4. The average Bonchev–Trinajstić information content (AvgIpc) is 3.66. The van der Waals surface area contributed by atoms with Crippen LogP contribution in [0.3, 0.4) is 0 Å². The van der Waals surface area contributed by atoms with Crippen molar-refractivity contribution < 1.29 is 0 Å². The summed E-state index contributed by atoms with van der Waals surface area (Å²) in [6.45, 7) is 21.4. The molecule has 0 amide bonds. The fourth-order valence-electron chi connectivity index (χ4n) is 8.72. The number of nitrogens with zero attached hydrogens (tertiary/aromatic N) is 5. The molecule has 7 nitrogen and oxygen atoms in total. The second kappa shape index (κ2) is 14.0. The third kappa shape index (κ3) is 7.57. The minimum absolute atomic E-state index is 0.171. The van der Waals surface area contributed by atoms with E-state index in [0.717, 1.165) is 63.4 Å². The molecule has 7 heteroatoms. The number of nitrogens with one attached hydrogen (secondary N) is 1. The zero-order chi connectivity index (χ0) is 31.6. The van der Waals surface area contributed by atoms with E-state index in [4.69, 9.17) is 5.73 Å². The number of nitrogens with two attached hydrogens (primary N) is 1. The normalized spacial score (nSPS) is 29.4. The van der Waals surface area contributed by atoms with Crippen molar-refractivity contribution in [2.45, 2.75) is 124 Å². The molecule has 1 aromatic rings. The second-order valence-corrected chi connectivity index (χ2v) is 16.4. The summed E-state index contributed by atoms with van der Waals surface area (Å²) in [5.74, 6) is 4.14. The van der Waals surface area contributed by atoms with Crippen LogP contribution in [-0.4, -0.2) is 88.5 Å². The first-order chi connectivity index (χ1) is 20.9. The van der Waals surface area contributed by atoms with Gasteiger partial charge < -0.3 is 20.4 Å². The minimum atomic E-state index is 0.171. The molecule has 3 aliphatic heterocycles. The smallest absolute Gasteiger partial charge is 0.195 e. The van der Waals surface area contributed by atoms with Crippen LogP contribution in [0, 0.1) is 34.5 Å². The molecule has 1 aliphatic carbocycles. The Bertz CT molecular complexity index is 1100. The largest absolute Gasteiger partial charge is 0.370 e. The Hall–Kier alpha value is -2.28. The molecule has 0 unspecified atom stereocenters. The molecule has 5 rings (SSSR count). The summed E-state index contributed by atoms with van der Waals surface area (Å²) in [7, 11) is 0. The van der Waals surface area contributed by atoms with Crippen LogP contribution in [0.2, 0.25) is 0 Å². The Balaban J connectivity index is 1.36. The highest BCUT2D eigenvalue weighted by Crippen LogP contribution is 2.41. The van der Waals surface area contributed by atoms with Gasteiger partial charge in [0.05, 0.1) is 24.8 Å². The molecule has 4 atom stereocenters. The van der Waals surface area contributed by atoms with Gasteiger partial charge in [-0.15, -0.1) is 0 Å². The van der Waals surface area contributed by atoms with Gasteiger partial charge in [0.25, 0.3) is 0 Å². The zero-order valence-electron chi connectivity index (χ0n) is 29.0. The number of aliphatic imine (C=N–C) groups is 1. The Morgan fingerprint density at radius 1 is 0.932 bits per heavy atom. The number of guanidine groups is 2. The van der Waals surface area contributed by atoms with Gasteiger partial charge in [-0.2, -0.15) is 0 Å². The SMILES string of the molecule is CC(C)C[C@@H]1CN=C(N)N1C[C@@H]1CCCN1[C@@H](Cc1ccccc1)N1C[C@@H](C(C)C)N(CC2CCC(C(C)(C)C)CC2)C1=N. The molecule has 1 aromatic carbocycles. The molecule has 0 spiro atoms. The average molecular weight is 606 g/mol. The lowest BCUT2D eigenvalue weighted by Gasteiger charge is -2.42. The molecule has 3 fully saturated rings. The first kappa shape index (κ1) is 33.1. The molecular weight excluding hydrogens is 542 g/mol. The van der Waals surface area contributed by atoms with E-state index in [2.05, 4.69) is 103 Å². The number of rotatable bonds is 11. The topological polar surface area (TPSA) is 75.2 Å². The molecule has 0 radical (unpaired) electrons. The number of hydrogen-bond donors (Lipinski definition) is 2. The maximum atomic E-state index is 9.71. The monoisotopic (exact) mass is 606 g/mol. The summed E-state index contributed by atoms with van der Waals surface area (Å²) < 4.78 is 0. The van der Waals surface area contributed by atoms with Crippen molar-refractivity contribution in [3.05, 3.63) is 35.9 Å². The van der Waals surface area contributed by atoms with Crippen LogP contribution < -0.4 is 5.73 Å². The van der Waals surface area contributed by atoms with Gasteiger partial charge in [-0.25, -0.2) is 0 Å². The van der Waals surface area contributed by atoms with Crippen LogP contribution in [0.5, 0.6) is 0 Å². The minimum Gasteiger partial charge on any atom is -0.370 e. The third-order valence-corrected chi connectivity index (χ3v) is 11.4. The van der Waals surface area contributed by atoms with Crippen molar-refractivity contribution in [2.75, 3.05) is 32.7 Å². The molecule has 3 heterocycles. The van der Waals surface area contributed by atoms with E-state index in [1.807, 2.05) is 0 Å². The van der Waals surface area contributed by atoms with Gasteiger partial charge in [0.2, 0.25) is 0 Å². The quantitative estimate of drug-likeness (QED) is 0.302. The summed E-state index contributed by atoms with van der Waals surface area (Å²) in [4.78, 5) is 14.8. The van der Waals surface area contributed by atoms with Crippen molar-refractivity contribution in [2.24, 2.45) is 39.8 Å². The summed E-state index contributed by atoms with van der Waals surface area (Å²) in [6, 6.07) is 12.2. The summed E-state index contributed by atoms with van der Waals surface area (Å²) >= 11 is 0. The summed E-state index contributed by atoms with van der Waals surface area (Å²) in [5, 5.41) is 9.71. The fourth-order valence-corrected chi connectivity index (χ4v) is 8.72. The van der Waals surface area contributed by atoms with Gasteiger partial charge in [0.1, 0.15) is 0 Å². The van der Waals surface area contributed by atoms with Crippen LogP contribution in [0.15, 0.2) is 35.3 Å². The fraction of sp³-hybridized carbons (Fsp3) is 0.784. The standard InChI is InChI=1S/C37H63N7/c1-26(2)20-32-22-40-35(38)42(32)24-31-14-11-19-41(31)34(21-28-12-9-8-10-13-28)44-25-33(27(3)4)43(36(44)39)23-29-15-17-30(18-16-29)37(5,6)7/h8-10,12-13,26-27,29-34,39H,11,14-25H2,1-7H3,(H2,38,40)/t29?,30?,31-,32+,33-,34+/m0/s1. The lowest BCUT2D eigenvalue weighted by Crippen LogP contribution is -2.56. The van der Waals surface area contributed by atoms with Crippen molar-refractivity contribution >= 4 is 11.9 Å². The van der Waals surface area contributed by atoms with E-state index in [1.54, 1.807) is 0 Å². The van der Waals surface area contributed by atoms with Crippen LogP contribution in [0.4, 0.5) is 0 Å². The van der Waals surface area contributed by atoms with Crippen LogP contribution >= 0.6 is 0 Å². The van der Waals surface area contributed by atoms with Crippen molar-refractivity contribution in [1.82, 2.24) is 19.6 Å². The van der Waals surface area contributed by atoms with Crippen molar-refractivity contribution in [3.63, 3.8) is 0 Å². The first-order valence-electron chi connectivity index (χ1n) is 17.9. The second-order valence-electron chi connectivity index (χ2n) is 16.4. The molecule has 246 valence electrons. The summed E-state index contributed by atoms with van der Waals surface area (Å²) in [6.07, 6.45) is 9.88. The van der Waals surface area contributed by atoms with Gasteiger partial charge in [0, 0.05) is 38.6 Å². The molecule has 1 saturated carbocycles. The molecular formula is C37H63N7. The van der Waals surface area contributed by atoms with E-state index in [0.29, 0.717) is 41.3 Å². The predicted octanol–water partition coefficient (Wildman–Crippen LogP) is 6.49. The van der Waals surface area contributed by atoms with Gasteiger partial charge in [-0.05, 0) is 79.6 Å². The highest BCUT2D eigenvalue weighted by molar-refractivity contribution is 5.80. The maximum Gasteiger partial charge on any atom is 0.195 e.